The summed E-state index contributed by atoms with van der Waals surface area (Å²) in [7, 11) is 0. The van der Waals surface area contributed by atoms with Gasteiger partial charge in [0.2, 0.25) is 0 Å². The predicted molar refractivity (Wildman–Crippen MR) is 62.1 cm³/mol. The SMILES string of the molecule is CCCC1CC2CC(C)C(C)C2C1C. The molecule has 0 saturated heterocycles. The van der Waals surface area contributed by atoms with Crippen LogP contribution in [-0.4, -0.2) is 0 Å². The van der Waals surface area contributed by atoms with Crippen LogP contribution in [0.15, 0.2) is 0 Å². The first-order valence-electron chi connectivity index (χ1n) is 6.65. The number of rotatable bonds is 2. The Morgan fingerprint density at radius 2 is 1.71 bits per heavy atom. The van der Waals surface area contributed by atoms with E-state index in [4.69, 9.17) is 0 Å². The Kier molecular flexibility index (Phi) is 2.91. The van der Waals surface area contributed by atoms with Gasteiger partial charge >= 0.3 is 0 Å². The third-order valence-electron chi connectivity index (χ3n) is 5.34. The van der Waals surface area contributed by atoms with Crippen molar-refractivity contribution in [1.82, 2.24) is 0 Å². The van der Waals surface area contributed by atoms with E-state index in [-0.39, 0.29) is 0 Å². The van der Waals surface area contributed by atoms with E-state index >= 15 is 0 Å². The highest BCUT2D eigenvalue weighted by Gasteiger charge is 2.48. The molecule has 14 heavy (non-hydrogen) atoms. The molecule has 82 valence electrons. The fourth-order valence-electron chi connectivity index (χ4n) is 4.49. The van der Waals surface area contributed by atoms with E-state index in [0.717, 1.165) is 35.5 Å². The Morgan fingerprint density at radius 3 is 2.29 bits per heavy atom. The van der Waals surface area contributed by atoms with Gasteiger partial charge in [-0.1, -0.05) is 40.5 Å². The number of hydrogen-bond acceptors (Lipinski definition) is 0. The molecule has 0 nitrogen and oxygen atoms in total. The van der Waals surface area contributed by atoms with Gasteiger partial charge in [0.1, 0.15) is 0 Å². The molecule has 0 aromatic rings. The highest BCUT2D eigenvalue weighted by molar-refractivity contribution is 4.97. The van der Waals surface area contributed by atoms with Crippen LogP contribution in [-0.2, 0) is 0 Å². The average molecular weight is 194 g/mol. The molecule has 6 unspecified atom stereocenters. The van der Waals surface area contributed by atoms with Crippen molar-refractivity contribution in [2.75, 3.05) is 0 Å². The van der Waals surface area contributed by atoms with Crippen molar-refractivity contribution in [3.63, 3.8) is 0 Å². The summed E-state index contributed by atoms with van der Waals surface area (Å²) in [5, 5.41) is 0. The van der Waals surface area contributed by atoms with Crippen molar-refractivity contribution < 1.29 is 0 Å². The fourth-order valence-corrected chi connectivity index (χ4v) is 4.49. The molecule has 0 radical (unpaired) electrons. The monoisotopic (exact) mass is 194 g/mol. The van der Waals surface area contributed by atoms with Gasteiger partial charge in [-0.15, -0.1) is 0 Å². The van der Waals surface area contributed by atoms with Crippen LogP contribution in [0.25, 0.3) is 0 Å². The second kappa shape index (κ2) is 3.87. The fraction of sp³-hybridized carbons (Fsp3) is 1.00. The van der Waals surface area contributed by atoms with Crippen LogP contribution in [0.1, 0.15) is 53.4 Å². The van der Waals surface area contributed by atoms with Gasteiger partial charge in [-0.05, 0) is 48.3 Å². The minimum Gasteiger partial charge on any atom is -0.0654 e. The van der Waals surface area contributed by atoms with E-state index in [0.29, 0.717) is 0 Å². The van der Waals surface area contributed by atoms with E-state index in [9.17, 15) is 0 Å². The third-order valence-corrected chi connectivity index (χ3v) is 5.34. The molecule has 2 saturated carbocycles. The van der Waals surface area contributed by atoms with Gasteiger partial charge in [0.25, 0.3) is 0 Å². The molecule has 2 aliphatic rings. The Balaban J connectivity index is 2.04. The molecule has 0 heteroatoms. The van der Waals surface area contributed by atoms with Crippen LogP contribution >= 0.6 is 0 Å². The Labute approximate surface area is 89.5 Å². The van der Waals surface area contributed by atoms with E-state index in [1.54, 1.807) is 6.42 Å². The Bertz CT molecular complexity index is 196. The Hall–Kier alpha value is 0. The maximum absolute atomic E-state index is 2.53. The van der Waals surface area contributed by atoms with Crippen LogP contribution in [0.4, 0.5) is 0 Å². The van der Waals surface area contributed by atoms with Crippen molar-refractivity contribution in [2.45, 2.75) is 53.4 Å². The lowest BCUT2D eigenvalue weighted by molar-refractivity contribution is 0.238. The largest absolute Gasteiger partial charge is 0.0654 e. The highest BCUT2D eigenvalue weighted by atomic mass is 14.5. The molecular weight excluding hydrogens is 168 g/mol. The first kappa shape index (κ1) is 10.5. The maximum Gasteiger partial charge on any atom is -0.0329 e. The topological polar surface area (TPSA) is 0 Å². The number of hydrogen-bond donors (Lipinski definition) is 0. The summed E-state index contributed by atoms with van der Waals surface area (Å²) in [5.41, 5.74) is 0. The quantitative estimate of drug-likeness (QED) is 0.613. The zero-order valence-corrected chi connectivity index (χ0v) is 10.3. The normalized spacial score (nSPS) is 52.3. The average Bonchev–Trinajstić information content (AvgIpc) is 2.56. The first-order valence-corrected chi connectivity index (χ1v) is 6.65. The van der Waals surface area contributed by atoms with Crippen molar-refractivity contribution >= 4 is 0 Å². The molecular formula is C14H26. The summed E-state index contributed by atoms with van der Waals surface area (Å²) in [4.78, 5) is 0. The molecule has 0 bridgehead atoms. The minimum absolute atomic E-state index is 0.995. The van der Waals surface area contributed by atoms with Crippen LogP contribution < -0.4 is 0 Å². The molecule has 0 heterocycles. The molecule has 0 amide bonds. The molecule has 2 rings (SSSR count). The van der Waals surface area contributed by atoms with Crippen molar-refractivity contribution in [2.24, 2.45) is 35.5 Å². The molecule has 0 aliphatic heterocycles. The van der Waals surface area contributed by atoms with Gasteiger partial charge in [-0.2, -0.15) is 0 Å². The summed E-state index contributed by atoms with van der Waals surface area (Å²) in [6, 6.07) is 0. The maximum atomic E-state index is 2.53. The van der Waals surface area contributed by atoms with Gasteiger partial charge in [-0.25, -0.2) is 0 Å². The summed E-state index contributed by atoms with van der Waals surface area (Å²) < 4.78 is 0. The smallest absolute Gasteiger partial charge is 0.0329 e. The second-order valence-electron chi connectivity index (χ2n) is 6.05. The van der Waals surface area contributed by atoms with E-state index in [1.807, 2.05) is 0 Å². The standard InChI is InChI=1S/C14H26/c1-5-6-12-8-13-7-9(2)10(3)14(13)11(12)4/h9-14H,5-8H2,1-4H3. The first-order chi connectivity index (χ1) is 6.65. The molecule has 0 N–H and O–H groups in total. The lowest BCUT2D eigenvalue weighted by atomic mass is 9.80. The van der Waals surface area contributed by atoms with Crippen molar-refractivity contribution in [3.05, 3.63) is 0 Å². The third kappa shape index (κ3) is 1.51. The molecule has 0 aromatic heterocycles. The van der Waals surface area contributed by atoms with Crippen molar-refractivity contribution in [1.29, 1.82) is 0 Å². The van der Waals surface area contributed by atoms with Gasteiger partial charge in [0.15, 0.2) is 0 Å². The van der Waals surface area contributed by atoms with Crippen molar-refractivity contribution in [3.8, 4) is 0 Å². The molecule has 2 fully saturated rings. The Morgan fingerprint density at radius 1 is 1.00 bits per heavy atom. The molecule has 0 aromatic carbocycles. The molecule has 6 atom stereocenters. The predicted octanol–water partition coefficient (Wildman–Crippen LogP) is 4.35. The second-order valence-corrected chi connectivity index (χ2v) is 6.05. The van der Waals surface area contributed by atoms with Crippen LogP contribution in [0.2, 0.25) is 0 Å². The van der Waals surface area contributed by atoms with Gasteiger partial charge < -0.3 is 0 Å². The number of fused-ring (bicyclic) bond motifs is 1. The summed E-state index contributed by atoms with van der Waals surface area (Å²) in [6.07, 6.45) is 5.94. The van der Waals surface area contributed by atoms with Gasteiger partial charge in [-0.3, -0.25) is 0 Å². The minimum atomic E-state index is 0.995. The van der Waals surface area contributed by atoms with Crippen LogP contribution in [0, 0.1) is 35.5 Å². The van der Waals surface area contributed by atoms with Gasteiger partial charge in [0.05, 0.1) is 0 Å². The summed E-state index contributed by atoms with van der Waals surface area (Å²) in [5.74, 6) is 6.23. The zero-order chi connectivity index (χ0) is 10.3. The zero-order valence-electron chi connectivity index (χ0n) is 10.3. The van der Waals surface area contributed by atoms with Crippen LogP contribution in [0.5, 0.6) is 0 Å². The molecule has 2 aliphatic carbocycles. The van der Waals surface area contributed by atoms with E-state index in [1.165, 1.54) is 19.3 Å². The summed E-state index contributed by atoms with van der Waals surface area (Å²) >= 11 is 0. The van der Waals surface area contributed by atoms with Crippen LogP contribution in [0.3, 0.4) is 0 Å². The van der Waals surface area contributed by atoms with Gasteiger partial charge in [0, 0.05) is 0 Å². The van der Waals surface area contributed by atoms with E-state index < -0.39 is 0 Å². The molecule has 0 spiro atoms. The summed E-state index contributed by atoms with van der Waals surface area (Å²) in [6.45, 7) is 9.83. The highest BCUT2D eigenvalue weighted by Crippen LogP contribution is 2.56. The van der Waals surface area contributed by atoms with E-state index in [2.05, 4.69) is 27.7 Å². The lowest BCUT2D eigenvalue weighted by Gasteiger charge is -2.25. The lowest BCUT2D eigenvalue weighted by Crippen LogP contribution is -2.18.